The lowest BCUT2D eigenvalue weighted by Gasteiger charge is -2.10. The van der Waals surface area contributed by atoms with Gasteiger partial charge < -0.3 is 4.74 Å². The van der Waals surface area contributed by atoms with Crippen LogP contribution in [0.3, 0.4) is 0 Å². The zero-order chi connectivity index (χ0) is 20.7. The first-order valence-electron chi connectivity index (χ1n) is 11.8. The Bertz CT molecular complexity index is 651. The van der Waals surface area contributed by atoms with Crippen molar-refractivity contribution in [3.05, 3.63) is 42.2 Å². The molecule has 29 heavy (non-hydrogen) atoms. The predicted molar refractivity (Wildman–Crippen MR) is 123 cm³/mol. The summed E-state index contributed by atoms with van der Waals surface area (Å²) in [6.45, 7) is 7.54. The topological polar surface area (TPSA) is 35.0 Å². The van der Waals surface area contributed by atoms with Crippen molar-refractivity contribution in [3.8, 4) is 17.1 Å². The summed E-state index contributed by atoms with van der Waals surface area (Å²) < 4.78 is 5.84. The van der Waals surface area contributed by atoms with Gasteiger partial charge in [-0.3, -0.25) is 0 Å². The summed E-state index contributed by atoms with van der Waals surface area (Å²) in [6.07, 6.45) is 18.1. The van der Waals surface area contributed by atoms with Gasteiger partial charge in [0.25, 0.3) is 0 Å². The SMILES string of the molecule is CCCCCCCCCCc1cnc(-c2ccc(OCC[C@@H](C)CC)cc2)nc1. The molecule has 0 spiro atoms. The van der Waals surface area contributed by atoms with Crippen molar-refractivity contribution in [2.75, 3.05) is 6.61 Å². The van der Waals surface area contributed by atoms with Crippen LogP contribution in [0, 0.1) is 5.92 Å². The van der Waals surface area contributed by atoms with E-state index in [9.17, 15) is 0 Å². The highest BCUT2D eigenvalue weighted by Gasteiger charge is 2.04. The molecule has 0 aliphatic rings. The third-order valence-corrected chi connectivity index (χ3v) is 5.71. The molecule has 0 aliphatic heterocycles. The van der Waals surface area contributed by atoms with Gasteiger partial charge in [0.15, 0.2) is 5.82 Å². The second-order valence-electron chi connectivity index (χ2n) is 8.31. The zero-order valence-electron chi connectivity index (χ0n) is 18.8. The van der Waals surface area contributed by atoms with Gasteiger partial charge in [-0.2, -0.15) is 0 Å². The highest BCUT2D eigenvalue weighted by molar-refractivity contribution is 5.55. The highest BCUT2D eigenvalue weighted by Crippen LogP contribution is 2.20. The molecule has 0 bridgehead atoms. The summed E-state index contributed by atoms with van der Waals surface area (Å²) in [7, 11) is 0. The molecular weight excluding hydrogens is 356 g/mol. The maximum absolute atomic E-state index is 5.84. The summed E-state index contributed by atoms with van der Waals surface area (Å²) in [6, 6.07) is 8.13. The Balaban J connectivity index is 1.69. The molecule has 0 aliphatic carbocycles. The van der Waals surface area contributed by atoms with E-state index in [2.05, 4.69) is 30.7 Å². The Labute approximate surface area is 178 Å². The monoisotopic (exact) mass is 396 g/mol. The molecule has 1 heterocycles. The second-order valence-corrected chi connectivity index (χ2v) is 8.31. The maximum atomic E-state index is 5.84. The minimum atomic E-state index is 0.715. The van der Waals surface area contributed by atoms with Crippen LogP contribution < -0.4 is 4.74 Å². The van der Waals surface area contributed by atoms with Crippen molar-refractivity contribution in [2.45, 2.75) is 91.4 Å². The number of aryl methyl sites for hydroxylation is 1. The van der Waals surface area contributed by atoms with Crippen molar-refractivity contribution in [1.82, 2.24) is 9.97 Å². The molecule has 1 aromatic heterocycles. The van der Waals surface area contributed by atoms with Crippen molar-refractivity contribution >= 4 is 0 Å². The van der Waals surface area contributed by atoms with Crippen LogP contribution in [0.15, 0.2) is 36.7 Å². The van der Waals surface area contributed by atoms with Crippen LogP contribution >= 0.6 is 0 Å². The van der Waals surface area contributed by atoms with Gasteiger partial charge in [0, 0.05) is 18.0 Å². The summed E-state index contributed by atoms with van der Waals surface area (Å²) in [5, 5.41) is 0. The first-order chi connectivity index (χ1) is 14.2. The lowest BCUT2D eigenvalue weighted by Crippen LogP contribution is -2.03. The number of unbranched alkanes of at least 4 members (excludes halogenated alkanes) is 7. The average Bonchev–Trinajstić information content (AvgIpc) is 2.76. The van der Waals surface area contributed by atoms with Crippen LogP contribution in [0.2, 0.25) is 0 Å². The third-order valence-electron chi connectivity index (χ3n) is 5.71. The Kier molecular flexibility index (Phi) is 11.4. The van der Waals surface area contributed by atoms with E-state index >= 15 is 0 Å². The van der Waals surface area contributed by atoms with Crippen LogP contribution in [-0.2, 0) is 6.42 Å². The van der Waals surface area contributed by atoms with E-state index in [1.807, 2.05) is 36.7 Å². The molecule has 0 amide bonds. The zero-order valence-corrected chi connectivity index (χ0v) is 18.8. The normalized spacial score (nSPS) is 12.1. The minimum Gasteiger partial charge on any atom is -0.494 e. The Hall–Kier alpha value is -1.90. The van der Waals surface area contributed by atoms with Gasteiger partial charge in [0.05, 0.1) is 6.61 Å². The third kappa shape index (κ3) is 9.43. The Morgan fingerprint density at radius 1 is 0.828 bits per heavy atom. The van der Waals surface area contributed by atoms with Crippen LogP contribution in [0.25, 0.3) is 11.4 Å². The first-order valence-corrected chi connectivity index (χ1v) is 11.8. The minimum absolute atomic E-state index is 0.715. The van der Waals surface area contributed by atoms with Gasteiger partial charge >= 0.3 is 0 Å². The molecule has 0 saturated heterocycles. The number of rotatable bonds is 15. The standard InChI is InChI=1S/C26H40N2O/c1-4-6-7-8-9-10-11-12-13-23-20-27-26(28-21-23)24-14-16-25(17-15-24)29-19-18-22(3)5-2/h14-17,20-22H,4-13,18-19H2,1-3H3/t22-/m0/s1. The van der Waals surface area contributed by atoms with E-state index in [0.29, 0.717) is 5.92 Å². The number of hydrogen-bond acceptors (Lipinski definition) is 3. The molecule has 0 fully saturated rings. The van der Waals surface area contributed by atoms with E-state index in [-0.39, 0.29) is 0 Å². The lowest BCUT2D eigenvalue weighted by molar-refractivity contribution is 0.282. The fraction of sp³-hybridized carbons (Fsp3) is 0.615. The molecule has 1 atom stereocenters. The molecule has 3 nitrogen and oxygen atoms in total. The van der Waals surface area contributed by atoms with Gasteiger partial charge in [-0.15, -0.1) is 0 Å². The molecule has 0 N–H and O–H groups in total. The largest absolute Gasteiger partial charge is 0.494 e. The summed E-state index contributed by atoms with van der Waals surface area (Å²) in [5.41, 5.74) is 2.28. The number of hydrogen-bond donors (Lipinski definition) is 0. The van der Waals surface area contributed by atoms with E-state index in [1.165, 1.54) is 63.4 Å². The van der Waals surface area contributed by atoms with E-state index in [0.717, 1.165) is 36.6 Å². The molecule has 2 rings (SSSR count). The highest BCUT2D eigenvalue weighted by atomic mass is 16.5. The number of ether oxygens (including phenoxy) is 1. The molecular formula is C26H40N2O. The van der Waals surface area contributed by atoms with Crippen molar-refractivity contribution < 1.29 is 4.74 Å². The van der Waals surface area contributed by atoms with Crippen molar-refractivity contribution in [2.24, 2.45) is 5.92 Å². The number of benzene rings is 1. The van der Waals surface area contributed by atoms with Crippen LogP contribution in [0.5, 0.6) is 5.75 Å². The lowest BCUT2D eigenvalue weighted by atomic mass is 10.1. The van der Waals surface area contributed by atoms with Crippen molar-refractivity contribution in [1.29, 1.82) is 0 Å². The van der Waals surface area contributed by atoms with Gasteiger partial charge in [-0.1, -0.05) is 72.1 Å². The molecule has 0 unspecified atom stereocenters. The van der Waals surface area contributed by atoms with Crippen LogP contribution in [0.4, 0.5) is 0 Å². The summed E-state index contributed by atoms with van der Waals surface area (Å²) >= 11 is 0. The van der Waals surface area contributed by atoms with Gasteiger partial charge in [-0.05, 0) is 55.0 Å². The quantitative estimate of drug-likeness (QED) is 0.290. The molecule has 160 valence electrons. The molecule has 0 radical (unpaired) electrons. The number of nitrogens with zero attached hydrogens (tertiary/aromatic N) is 2. The van der Waals surface area contributed by atoms with Gasteiger partial charge in [0.1, 0.15) is 5.75 Å². The van der Waals surface area contributed by atoms with E-state index < -0.39 is 0 Å². The van der Waals surface area contributed by atoms with Crippen LogP contribution in [-0.4, -0.2) is 16.6 Å². The summed E-state index contributed by atoms with van der Waals surface area (Å²) in [5.74, 6) is 2.42. The van der Waals surface area contributed by atoms with Crippen LogP contribution in [0.1, 0.15) is 90.5 Å². The molecule has 3 heteroatoms. The van der Waals surface area contributed by atoms with E-state index in [4.69, 9.17) is 4.74 Å². The Morgan fingerprint density at radius 3 is 2.07 bits per heavy atom. The number of aromatic nitrogens is 2. The first kappa shape index (κ1) is 23.4. The fourth-order valence-electron chi connectivity index (χ4n) is 3.38. The van der Waals surface area contributed by atoms with Crippen molar-refractivity contribution in [3.63, 3.8) is 0 Å². The fourth-order valence-corrected chi connectivity index (χ4v) is 3.38. The summed E-state index contributed by atoms with van der Waals surface area (Å²) in [4.78, 5) is 9.14. The van der Waals surface area contributed by atoms with Gasteiger partial charge in [0.2, 0.25) is 0 Å². The molecule has 2 aromatic rings. The smallest absolute Gasteiger partial charge is 0.159 e. The average molecular weight is 397 g/mol. The van der Waals surface area contributed by atoms with Gasteiger partial charge in [-0.25, -0.2) is 9.97 Å². The molecule has 1 aromatic carbocycles. The maximum Gasteiger partial charge on any atom is 0.159 e. The second kappa shape index (κ2) is 14.1. The molecule has 0 saturated carbocycles. The Morgan fingerprint density at radius 2 is 1.45 bits per heavy atom. The van der Waals surface area contributed by atoms with E-state index in [1.54, 1.807) is 0 Å². The predicted octanol–water partition coefficient (Wildman–Crippen LogP) is 7.64.